The molecule has 0 aromatic heterocycles. The van der Waals surface area contributed by atoms with Gasteiger partial charge in [-0.15, -0.1) is 0 Å². The van der Waals surface area contributed by atoms with Gasteiger partial charge in [0, 0.05) is 20.0 Å². The second kappa shape index (κ2) is 14.3. The largest absolute Gasteiger partial charge is 0.466 e. The standard InChI is InChI=1S/C30H41N3O6/c1-8-38-25(34)16-17-31-27(35)26(23-18-20(2)14-15-21(23)3)33(7)28(36)24(19-22-12-10-9-11-13-22)32-29(37)39-30(4,5)6/h9-15,18,24,26H,8,16-17,19H2,1-7H3,(H,31,35)(H,32,37). The molecule has 2 N–H and O–H groups in total. The van der Waals surface area contributed by atoms with Crippen molar-refractivity contribution in [1.29, 1.82) is 0 Å². The molecule has 2 atom stereocenters. The van der Waals surface area contributed by atoms with E-state index in [1.165, 1.54) is 11.9 Å². The zero-order valence-corrected chi connectivity index (χ0v) is 24.0. The molecule has 0 heterocycles. The number of ether oxygens (including phenoxy) is 2. The van der Waals surface area contributed by atoms with Gasteiger partial charge in [0.2, 0.25) is 11.8 Å². The van der Waals surface area contributed by atoms with E-state index in [0.29, 0.717) is 5.56 Å². The van der Waals surface area contributed by atoms with E-state index in [2.05, 4.69) is 10.6 Å². The first-order chi connectivity index (χ1) is 18.3. The van der Waals surface area contributed by atoms with Crippen molar-refractivity contribution >= 4 is 23.9 Å². The minimum atomic E-state index is -1.00. The second-order valence-corrected chi connectivity index (χ2v) is 10.4. The molecule has 0 fully saturated rings. The molecule has 0 saturated carbocycles. The van der Waals surface area contributed by atoms with Crippen molar-refractivity contribution in [3.63, 3.8) is 0 Å². The molecule has 0 saturated heterocycles. The normalized spacial score (nSPS) is 12.6. The quantitative estimate of drug-likeness (QED) is 0.417. The van der Waals surface area contributed by atoms with Crippen LogP contribution in [0.4, 0.5) is 4.79 Å². The number of aryl methyl sites for hydroxylation is 2. The fraction of sp³-hybridized carbons (Fsp3) is 0.467. The number of esters is 1. The average molecular weight is 540 g/mol. The highest BCUT2D eigenvalue weighted by Gasteiger charge is 2.35. The molecular weight excluding hydrogens is 498 g/mol. The highest BCUT2D eigenvalue weighted by atomic mass is 16.6. The maximum Gasteiger partial charge on any atom is 0.408 e. The molecule has 0 aliphatic heterocycles. The minimum absolute atomic E-state index is 0.00753. The van der Waals surface area contributed by atoms with Gasteiger partial charge in [0.15, 0.2) is 0 Å². The molecule has 3 amide bonds. The van der Waals surface area contributed by atoms with Gasteiger partial charge >= 0.3 is 12.1 Å². The monoisotopic (exact) mass is 539 g/mol. The maximum atomic E-state index is 13.9. The van der Waals surface area contributed by atoms with Crippen LogP contribution in [-0.4, -0.2) is 60.6 Å². The Morgan fingerprint density at radius 1 is 1.00 bits per heavy atom. The maximum absolute atomic E-state index is 13.9. The Balaban J connectivity index is 2.39. The van der Waals surface area contributed by atoms with Crippen molar-refractivity contribution in [2.24, 2.45) is 0 Å². The van der Waals surface area contributed by atoms with Gasteiger partial charge in [-0.1, -0.05) is 54.1 Å². The summed E-state index contributed by atoms with van der Waals surface area (Å²) in [4.78, 5) is 53.3. The first kappa shape index (κ1) is 31.3. The first-order valence-electron chi connectivity index (χ1n) is 13.1. The lowest BCUT2D eigenvalue weighted by Crippen LogP contribution is -2.52. The third-order valence-corrected chi connectivity index (χ3v) is 5.92. The third kappa shape index (κ3) is 10.1. The van der Waals surface area contributed by atoms with Crippen LogP contribution in [0.3, 0.4) is 0 Å². The van der Waals surface area contributed by atoms with Crippen molar-refractivity contribution in [3.05, 3.63) is 70.8 Å². The molecule has 2 rings (SSSR count). The van der Waals surface area contributed by atoms with Crippen LogP contribution >= 0.6 is 0 Å². The van der Waals surface area contributed by atoms with Crippen LogP contribution in [0.5, 0.6) is 0 Å². The zero-order valence-electron chi connectivity index (χ0n) is 24.0. The Kier molecular flexibility index (Phi) is 11.5. The summed E-state index contributed by atoms with van der Waals surface area (Å²) in [7, 11) is 1.54. The summed E-state index contributed by atoms with van der Waals surface area (Å²) >= 11 is 0. The van der Waals surface area contributed by atoms with E-state index in [0.717, 1.165) is 16.7 Å². The molecule has 2 unspecified atom stereocenters. The molecule has 212 valence electrons. The van der Waals surface area contributed by atoms with Crippen LogP contribution in [-0.2, 0) is 30.3 Å². The molecule has 9 nitrogen and oxygen atoms in total. The van der Waals surface area contributed by atoms with Gasteiger partial charge in [-0.2, -0.15) is 0 Å². The fourth-order valence-electron chi connectivity index (χ4n) is 4.07. The topological polar surface area (TPSA) is 114 Å². The summed E-state index contributed by atoms with van der Waals surface area (Å²) in [6.07, 6.45) is -0.520. The van der Waals surface area contributed by atoms with Gasteiger partial charge < -0.3 is 25.0 Å². The Morgan fingerprint density at radius 2 is 1.67 bits per heavy atom. The highest BCUT2D eigenvalue weighted by molar-refractivity contribution is 5.92. The second-order valence-electron chi connectivity index (χ2n) is 10.4. The third-order valence-electron chi connectivity index (χ3n) is 5.92. The number of benzene rings is 2. The van der Waals surface area contributed by atoms with Crippen LogP contribution in [0.25, 0.3) is 0 Å². The van der Waals surface area contributed by atoms with E-state index in [-0.39, 0.29) is 26.0 Å². The number of carbonyl (C=O) groups excluding carboxylic acids is 4. The number of likely N-dealkylation sites (N-methyl/N-ethyl adjacent to an activating group) is 1. The molecule has 2 aromatic carbocycles. The predicted octanol–water partition coefficient (Wildman–Crippen LogP) is 4.01. The van der Waals surface area contributed by atoms with Gasteiger partial charge in [0.1, 0.15) is 17.7 Å². The Labute approximate surface area is 231 Å². The van der Waals surface area contributed by atoms with Gasteiger partial charge in [0.05, 0.1) is 13.0 Å². The molecule has 0 aliphatic carbocycles. The fourth-order valence-corrected chi connectivity index (χ4v) is 4.07. The molecule has 39 heavy (non-hydrogen) atoms. The van der Waals surface area contributed by atoms with Gasteiger partial charge in [-0.3, -0.25) is 14.4 Å². The average Bonchev–Trinajstić information content (AvgIpc) is 2.85. The predicted molar refractivity (Wildman–Crippen MR) is 149 cm³/mol. The molecule has 0 radical (unpaired) electrons. The number of amides is 3. The van der Waals surface area contributed by atoms with Crippen molar-refractivity contribution < 1.29 is 28.7 Å². The van der Waals surface area contributed by atoms with Crippen LogP contribution < -0.4 is 10.6 Å². The lowest BCUT2D eigenvalue weighted by atomic mass is 9.96. The number of hydrogen-bond donors (Lipinski definition) is 2. The SMILES string of the molecule is CCOC(=O)CCNC(=O)C(c1cc(C)ccc1C)N(C)C(=O)C(Cc1ccccc1)NC(=O)OC(C)(C)C. The van der Waals surface area contributed by atoms with Gasteiger partial charge in [0.25, 0.3) is 0 Å². The van der Waals surface area contributed by atoms with E-state index in [4.69, 9.17) is 9.47 Å². The van der Waals surface area contributed by atoms with E-state index < -0.39 is 41.6 Å². The summed E-state index contributed by atoms with van der Waals surface area (Å²) in [6, 6.07) is 13.0. The Bertz CT molecular complexity index is 1140. The molecular formula is C30H41N3O6. The Hall–Kier alpha value is -3.88. The van der Waals surface area contributed by atoms with E-state index in [1.54, 1.807) is 27.7 Å². The lowest BCUT2D eigenvalue weighted by Gasteiger charge is -2.32. The summed E-state index contributed by atoms with van der Waals surface area (Å²) in [6.45, 7) is 11.0. The van der Waals surface area contributed by atoms with Crippen molar-refractivity contribution in [2.45, 2.75) is 72.1 Å². The molecule has 2 aromatic rings. The minimum Gasteiger partial charge on any atom is -0.466 e. The molecule has 0 spiro atoms. The number of rotatable bonds is 11. The van der Waals surface area contributed by atoms with E-state index in [1.807, 2.05) is 62.4 Å². The van der Waals surface area contributed by atoms with Crippen molar-refractivity contribution in [3.8, 4) is 0 Å². The van der Waals surface area contributed by atoms with E-state index >= 15 is 0 Å². The summed E-state index contributed by atoms with van der Waals surface area (Å²) in [5.74, 6) is -1.33. The van der Waals surface area contributed by atoms with Crippen LogP contribution in [0.1, 0.15) is 62.4 Å². The Morgan fingerprint density at radius 3 is 2.28 bits per heavy atom. The van der Waals surface area contributed by atoms with Crippen LogP contribution in [0, 0.1) is 13.8 Å². The number of nitrogens with one attached hydrogen (secondary N) is 2. The summed E-state index contributed by atoms with van der Waals surface area (Å²) < 4.78 is 10.4. The lowest BCUT2D eigenvalue weighted by molar-refractivity contribution is -0.143. The highest BCUT2D eigenvalue weighted by Crippen LogP contribution is 2.26. The van der Waals surface area contributed by atoms with Crippen LogP contribution in [0.15, 0.2) is 48.5 Å². The van der Waals surface area contributed by atoms with Crippen LogP contribution in [0.2, 0.25) is 0 Å². The number of hydrogen-bond acceptors (Lipinski definition) is 6. The number of nitrogens with zero attached hydrogens (tertiary/aromatic N) is 1. The number of carbonyl (C=O) groups is 4. The number of alkyl carbamates (subject to hydrolysis) is 1. The smallest absolute Gasteiger partial charge is 0.408 e. The molecule has 0 bridgehead atoms. The van der Waals surface area contributed by atoms with Crippen molar-refractivity contribution in [2.75, 3.05) is 20.2 Å². The van der Waals surface area contributed by atoms with E-state index in [9.17, 15) is 19.2 Å². The van der Waals surface area contributed by atoms with Gasteiger partial charge in [-0.05, 0) is 58.2 Å². The summed E-state index contributed by atoms with van der Waals surface area (Å²) in [5, 5.41) is 5.47. The first-order valence-corrected chi connectivity index (χ1v) is 13.1. The molecule has 9 heteroatoms. The molecule has 0 aliphatic rings. The van der Waals surface area contributed by atoms with Gasteiger partial charge in [-0.25, -0.2) is 4.79 Å². The van der Waals surface area contributed by atoms with Crippen molar-refractivity contribution in [1.82, 2.24) is 15.5 Å². The zero-order chi connectivity index (χ0) is 29.2. The summed E-state index contributed by atoms with van der Waals surface area (Å²) in [5.41, 5.74) is 2.48.